The Morgan fingerprint density at radius 1 is 0.333 bits per heavy atom. The lowest BCUT2D eigenvalue weighted by Gasteiger charge is -2.28. The second-order valence-corrected chi connectivity index (χ2v) is 21.0. The molecule has 0 atom stereocenters. The first kappa shape index (κ1) is 37.1. The van der Waals surface area contributed by atoms with Crippen LogP contribution in [0.2, 0.25) is 0 Å². The highest BCUT2D eigenvalue weighted by Crippen LogP contribution is 2.56. The molecule has 0 bridgehead atoms. The molecule has 0 aliphatic heterocycles. The van der Waals surface area contributed by atoms with E-state index in [1.165, 1.54) is 121 Å². The number of hydrogen-bond donors (Lipinski definition) is 0. The molecule has 11 rings (SSSR count). The molecule has 0 aromatic heterocycles. The van der Waals surface area contributed by atoms with Crippen molar-refractivity contribution in [1.82, 2.24) is 0 Å². The first-order chi connectivity index (χ1) is 28.5. The minimum absolute atomic E-state index is 0.0218. The van der Waals surface area contributed by atoms with Gasteiger partial charge in [0.05, 0.1) is 0 Å². The van der Waals surface area contributed by atoms with Gasteiger partial charge in [-0.3, -0.25) is 0 Å². The Balaban J connectivity index is 0.976. The minimum atomic E-state index is -0.151. The molecule has 0 saturated heterocycles. The van der Waals surface area contributed by atoms with Crippen molar-refractivity contribution in [3.63, 3.8) is 0 Å². The van der Waals surface area contributed by atoms with Crippen LogP contribution in [0.5, 0.6) is 0 Å². The summed E-state index contributed by atoms with van der Waals surface area (Å²) >= 11 is 0. The van der Waals surface area contributed by atoms with Gasteiger partial charge in [0.15, 0.2) is 0 Å². The van der Waals surface area contributed by atoms with E-state index < -0.39 is 0 Å². The van der Waals surface area contributed by atoms with Gasteiger partial charge in [0.25, 0.3) is 0 Å². The average molecular weight is 775 g/mol. The van der Waals surface area contributed by atoms with E-state index in [9.17, 15) is 0 Å². The van der Waals surface area contributed by atoms with Crippen LogP contribution in [0.15, 0.2) is 146 Å². The maximum absolute atomic E-state index is 2.52. The molecule has 0 unspecified atom stereocenters. The van der Waals surface area contributed by atoms with Gasteiger partial charge in [-0.1, -0.05) is 197 Å². The maximum Gasteiger partial charge on any atom is 0.0159 e. The zero-order chi connectivity index (χ0) is 41.7. The summed E-state index contributed by atoms with van der Waals surface area (Å²) in [7, 11) is 0. The first-order valence-corrected chi connectivity index (χ1v) is 21.9. The van der Waals surface area contributed by atoms with Gasteiger partial charge in [-0.05, 0) is 150 Å². The van der Waals surface area contributed by atoms with Gasteiger partial charge in [0, 0.05) is 10.8 Å². The van der Waals surface area contributed by atoms with Crippen LogP contribution >= 0.6 is 0 Å². The SMILES string of the molecule is CC(C)(C)c1ccc2c(c1)C(C)(C)c1cc(C(C)(C)C)cc(-c3ccc4c(c3)C(C)(C)c3cc(-c5ccc(-c6ccc7ccc8cccc9ccc6c7c89)cc5)ccc3-4)c1-2. The third kappa shape index (κ3) is 5.29. The van der Waals surface area contributed by atoms with Crippen LogP contribution in [0, 0.1) is 0 Å². The van der Waals surface area contributed by atoms with E-state index in [0.29, 0.717) is 0 Å². The normalized spacial score (nSPS) is 15.1. The lowest BCUT2D eigenvalue weighted by molar-refractivity contribution is 0.580. The zero-order valence-electron chi connectivity index (χ0n) is 36.9. The molecule has 0 nitrogen and oxygen atoms in total. The van der Waals surface area contributed by atoms with E-state index in [4.69, 9.17) is 0 Å². The van der Waals surface area contributed by atoms with Crippen LogP contribution in [0.3, 0.4) is 0 Å². The van der Waals surface area contributed by atoms with E-state index >= 15 is 0 Å². The molecule has 0 saturated carbocycles. The smallest absolute Gasteiger partial charge is 0.0159 e. The molecule has 0 heteroatoms. The number of benzene rings is 9. The van der Waals surface area contributed by atoms with E-state index in [1.54, 1.807) is 0 Å². The molecule has 0 amide bonds. The molecule has 0 radical (unpaired) electrons. The molecule has 0 N–H and O–H groups in total. The highest BCUT2D eigenvalue weighted by Gasteiger charge is 2.40. The van der Waals surface area contributed by atoms with Crippen molar-refractivity contribution >= 4 is 32.3 Å². The Kier molecular flexibility index (Phi) is 7.59. The van der Waals surface area contributed by atoms with Gasteiger partial charge in [-0.15, -0.1) is 0 Å². The quantitative estimate of drug-likeness (QED) is 0.157. The van der Waals surface area contributed by atoms with E-state index in [0.717, 1.165) is 0 Å². The summed E-state index contributed by atoms with van der Waals surface area (Å²) in [5.74, 6) is 0. The monoisotopic (exact) mass is 774 g/mol. The van der Waals surface area contributed by atoms with Gasteiger partial charge in [-0.2, -0.15) is 0 Å². The molecule has 0 heterocycles. The lowest BCUT2D eigenvalue weighted by atomic mass is 9.76. The van der Waals surface area contributed by atoms with Crippen molar-refractivity contribution in [2.24, 2.45) is 0 Å². The number of hydrogen-bond acceptors (Lipinski definition) is 0. The van der Waals surface area contributed by atoms with Crippen molar-refractivity contribution < 1.29 is 0 Å². The van der Waals surface area contributed by atoms with Crippen LogP contribution in [-0.2, 0) is 21.7 Å². The Labute approximate surface area is 356 Å². The fourth-order valence-corrected chi connectivity index (χ4v) is 10.9. The molecular formula is C60H54. The first-order valence-electron chi connectivity index (χ1n) is 21.9. The third-order valence-electron chi connectivity index (χ3n) is 14.6. The fourth-order valence-electron chi connectivity index (χ4n) is 10.9. The summed E-state index contributed by atoms with van der Waals surface area (Å²) in [6, 6.07) is 56.4. The van der Waals surface area contributed by atoms with Crippen LogP contribution < -0.4 is 0 Å². The molecule has 9 aromatic rings. The fraction of sp³-hybridized carbons (Fsp3) is 0.233. The van der Waals surface area contributed by atoms with Crippen LogP contribution in [0.25, 0.3) is 88.0 Å². The molecule has 2 aliphatic carbocycles. The highest BCUT2D eigenvalue weighted by molar-refractivity contribution is 6.25. The predicted molar refractivity (Wildman–Crippen MR) is 259 cm³/mol. The minimum Gasteiger partial charge on any atom is -0.0610 e. The van der Waals surface area contributed by atoms with Gasteiger partial charge in [-0.25, -0.2) is 0 Å². The van der Waals surface area contributed by atoms with Crippen molar-refractivity contribution in [3.05, 3.63) is 179 Å². The van der Waals surface area contributed by atoms with Crippen molar-refractivity contribution in [1.29, 1.82) is 0 Å². The summed E-state index contributed by atoms with van der Waals surface area (Å²) < 4.78 is 0. The Morgan fingerprint density at radius 2 is 0.817 bits per heavy atom. The third-order valence-corrected chi connectivity index (χ3v) is 14.6. The zero-order valence-corrected chi connectivity index (χ0v) is 36.9. The summed E-state index contributed by atoms with van der Waals surface area (Å²) in [5, 5.41) is 7.96. The predicted octanol–water partition coefficient (Wildman–Crippen LogP) is 16.8. The lowest BCUT2D eigenvalue weighted by Crippen LogP contribution is -2.19. The van der Waals surface area contributed by atoms with Crippen LogP contribution in [0.4, 0.5) is 0 Å². The molecule has 2 aliphatic rings. The Bertz CT molecular complexity index is 3230. The summed E-state index contributed by atoms with van der Waals surface area (Å²) in [6.45, 7) is 23.7. The van der Waals surface area contributed by atoms with E-state index in [2.05, 4.69) is 215 Å². The van der Waals surface area contributed by atoms with Crippen LogP contribution in [-0.4, -0.2) is 0 Å². The molecule has 9 aromatic carbocycles. The summed E-state index contributed by atoms with van der Waals surface area (Å²) in [4.78, 5) is 0. The van der Waals surface area contributed by atoms with Gasteiger partial charge in [0.2, 0.25) is 0 Å². The largest absolute Gasteiger partial charge is 0.0610 e. The van der Waals surface area contributed by atoms with Crippen molar-refractivity contribution in [3.8, 4) is 55.6 Å². The standard InChI is InChI=1S/C60H54/c1-57(2,3)42-24-29-48-52(33-42)60(9,10)53-34-43(58(4,5)6)32-49(56(48)53)41-23-27-46-45-26-22-40(30-50(45)59(7,8)51(46)31-41)35-14-16-36(17-15-35)44-25-20-39-19-18-37-12-11-13-38-21-28-47(44)55(39)54(37)38/h11-34H,1-10H3. The van der Waals surface area contributed by atoms with Gasteiger partial charge < -0.3 is 0 Å². The van der Waals surface area contributed by atoms with Gasteiger partial charge in [0.1, 0.15) is 0 Å². The Morgan fingerprint density at radius 3 is 1.48 bits per heavy atom. The second kappa shape index (κ2) is 12.3. The van der Waals surface area contributed by atoms with Crippen molar-refractivity contribution in [2.75, 3.05) is 0 Å². The molecule has 0 fully saturated rings. The van der Waals surface area contributed by atoms with E-state index in [-0.39, 0.29) is 21.7 Å². The van der Waals surface area contributed by atoms with Crippen molar-refractivity contribution in [2.45, 2.75) is 90.9 Å². The average Bonchev–Trinajstić information content (AvgIpc) is 3.60. The Hall–Kier alpha value is -5.98. The summed E-state index contributed by atoms with van der Waals surface area (Å²) in [6.07, 6.45) is 0. The van der Waals surface area contributed by atoms with Crippen LogP contribution in [0.1, 0.15) is 103 Å². The molecular weight excluding hydrogens is 721 g/mol. The number of rotatable bonds is 3. The van der Waals surface area contributed by atoms with E-state index in [1.807, 2.05) is 0 Å². The second-order valence-electron chi connectivity index (χ2n) is 21.0. The summed E-state index contributed by atoms with van der Waals surface area (Å²) in [5.41, 5.74) is 21.6. The van der Waals surface area contributed by atoms with Gasteiger partial charge >= 0.3 is 0 Å². The highest BCUT2D eigenvalue weighted by atomic mass is 14.4. The molecule has 294 valence electrons. The molecule has 0 spiro atoms. The molecule has 60 heavy (non-hydrogen) atoms. The topological polar surface area (TPSA) is 0 Å². The number of fused-ring (bicyclic) bond motifs is 6. The maximum atomic E-state index is 2.52.